The van der Waals surface area contributed by atoms with E-state index in [1.807, 2.05) is 18.2 Å². The molecule has 1 amide bonds. The molecule has 1 aromatic rings. The van der Waals surface area contributed by atoms with Gasteiger partial charge in [-0.15, -0.1) is 0 Å². The molecule has 0 atom stereocenters. The van der Waals surface area contributed by atoms with Crippen LogP contribution in [0.3, 0.4) is 0 Å². The van der Waals surface area contributed by atoms with E-state index in [9.17, 15) is 4.79 Å². The molecule has 1 rings (SSSR count). The van der Waals surface area contributed by atoms with Crippen molar-refractivity contribution < 1.29 is 4.79 Å². The van der Waals surface area contributed by atoms with Crippen LogP contribution in [0, 0.1) is 0 Å². The molecule has 0 fully saturated rings. The summed E-state index contributed by atoms with van der Waals surface area (Å²) in [5, 5.41) is 0. The minimum atomic E-state index is -1.32. The molecule has 1 heterocycles. The summed E-state index contributed by atoms with van der Waals surface area (Å²) < 4.78 is 0. The van der Waals surface area contributed by atoms with E-state index in [2.05, 4.69) is 29.6 Å². The van der Waals surface area contributed by atoms with Gasteiger partial charge in [-0.25, -0.2) is 0 Å². The number of nitrogens with one attached hydrogen (secondary N) is 1. The predicted octanol–water partition coefficient (Wildman–Crippen LogP) is 2.04. The predicted molar refractivity (Wildman–Crippen MR) is 61.4 cm³/mol. The number of hydrogen-bond acceptors (Lipinski definition) is 2. The average Bonchev–Trinajstić information content (AvgIpc) is 2.03. The maximum absolute atomic E-state index is 10.4. The summed E-state index contributed by atoms with van der Waals surface area (Å²) in [5.74, 6) is 0.0872. The van der Waals surface area contributed by atoms with Gasteiger partial charge in [0.05, 0.1) is 0 Å². The van der Waals surface area contributed by atoms with Crippen LogP contribution in [-0.2, 0) is 4.79 Å². The number of rotatable bonds is 1. The maximum atomic E-state index is 10.4. The molecule has 0 saturated heterocycles. The Morgan fingerprint density at radius 2 is 1.64 bits per heavy atom. The van der Waals surface area contributed by atoms with Crippen molar-refractivity contribution >= 4 is 14.1 Å². The first-order chi connectivity index (χ1) is 6.42. The zero-order valence-electron chi connectivity index (χ0n) is 9.24. The van der Waals surface area contributed by atoms with Crippen LogP contribution in [0.25, 0.3) is 0 Å². The van der Waals surface area contributed by atoms with E-state index in [0.29, 0.717) is 0 Å². The van der Waals surface area contributed by atoms with Crippen LogP contribution in [-0.4, -0.2) is 19.1 Å². The maximum Gasteiger partial charge on any atom is 0.209 e. The lowest BCUT2D eigenvalue weighted by Crippen LogP contribution is -2.43. The quantitative estimate of drug-likeness (QED) is 0.721. The van der Waals surface area contributed by atoms with Gasteiger partial charge in [0, 0.05) is 19.3 Å². The topological polar surface area (TPSA) is 42.0 Å². The Morgan fingerprint density at radius 3 is 1.71 bits per heavy atom. The highest BCUT2D eigenvalue weighted by Gasteiger charge is 2.12. The highest BCUT2D eigenvalue weighted by molar-refractivity contribution is 6.75. The smallest absolute Gasteiger partial charge is 0.209 e. The van der Waals surface area contributed by atoms with Gasteiger partial charge in [-0.3, -0.25) is 9.78 Å². The van der Waals surface area contributed by atoms with Crippen molar-refractivity contribution in [3.8, 4) is 0 Å². The van der Waals surface area contributed by atoms with Gasteiger partial charge in [-0.2, -0.15) is 0 Å². The Balaban J connectivity index is 0.000000249. The number of nitrogens with zero attached hydrogens (tertiary/aromatic N) is 1. The first-order valence-electron chi connectivity index (χ1n) is 4.55. The van der Waals surface area contributed by atoms with Gasteiger partial charge >= 0.3 is 0 Å². The van der Waals surface area contributed by atoms with Crippen molar-refractivity contribution in [1.82, 2.24) is 9.97 Å². The van der Waals surface area contributed by atoms with Crippen LogP contribution in [0.2, 0.25) is 19.6 Å². The lowest BCUT2D eigenvalue weighted by Gasteiger charge is -2.15. The molecule has 0 radical (unpaired) electrons. The molecule has 0 saturated carbocycles. The summed E-state index contributed by atoms with van der Waals surface area (Å²) in [5.41, 5.74) is 0. The fourth-order valence-electron chi connectivity index (χ4n) is 0.841. The normalized spacial score (nSPS) is 9.71. The summed E-state index contributed by atoms with van der Waals surface area (Å²) in [6.07, 6.45) is 3.50. The summed E-state index contributed by atoms with van der Waals surface area (Å²) >= 11 is 0. The Hall–Kier alpha value is -1.16. The van der Waals surface area contributed by atoms with Crippen molar-refractivity contribution in [1.29, 1.82) is 0 Å². The van der Waals surface area contributed by atoms with Crippen molar-refractivity contribution in [2.75, 3.05) is 0 Å². The second kappa shape index (κ2) is 6.31. The molecule has 78 valence electrons. The monoisotopic (exact) mass is 210 g/mol. The fraction of sp³-hybridized carbons (Fsp3) is 0.400. The van der Waals surface area contributed by atoms with Gasteiger partial charge in [0.15, 0.2) is 0 Å². The van der Waals surface area contributed by atoms with E-state index in [4.69, 9.17) is 0 Å². The van der Waals surface area contributed by atoms with E-state index in [1.165, 1.54) is 0 Å². The summed E-state index contributed by atoms with van der Waals surface area (Å²) in [4.78, 5) is 17.0. The lowest BCUT2D eigenvalue weighted by atomic mass is 10.5. The van der Waals surface area contributed by atoms with Crippen LogP contribution in [0.4, 0.5) is 0 Å². The van der Waals surface area contributed by atoms with Crippen molar-refractivity contribution in [3.05, 3.63) is 30.6 Å². The summed E-state index contributed by atoms with van der Waals surface area (Å²) in [6.45, 7) is 7.83. The fourth-order valence-corrected chi connectivity index (χ4v) is 1.90. The minimum Gasteiger partial charge on any atom is -0.383 e. The number of hydrogen-bond donors (Lipinski definition) is 1. The van der Waals surface area contributed by atoms with Crippen molar-refractivity contribution in [3.63, 3.8) is 0 Å². The van der Waals surface area contributed by atoms with Crippen LogP contribution in [0.15, 0.2) is 30.6 Å². The van der Waals surface area contributed by atoms with Crippen molar-refractivity contribution in [2.24, 2.45) is 0 Å². The lowest BCUT2D eigenvalue weighted by molar-refractivity contribution is -0.117. The second-order valence-corrected chi connectivity index (χ2v) is 8.71. The molecule has 0 aliphatic carbocycles. The molecule has 0 unspecified atom stereocenters. The molecule has 0 aliphatic rings. The first-order valence-corrected chi connectivity index (χ1v) is 8.05. The van der Waals surface area contributed by atoms with Gasteiger partial charge in [0.2, 0.25) is 5.91 Å². The molecule has 0 spiro atoms. The zero-order chi connectivity index (χ0) is 11.0. The van der Waals surface area contributed by atoms with E-state index < -0.39 is 8.24 Å². The standard InChI is InChI=1S/C5H13NOSi.C5H5N/c1-5(7)6-8(2,3)4;1-2-4-6-5-3-1/h1-4H3,(H,6,7);1-5H. The van der Waals surface area contributed by atoms with Crippen LogP contribution in [0.1, 0.15) is 6.92 Å². The van der Waals surface area contributed by atoms with Gasteiger partial charge in [0.25, 0.3) is 0 Å². The molecule has 4 heteroatoms. The van der Waals surface area contributed by atoms with Crippen LogP contribution >= 0.6 is 0 Å². The minimum absolute atomic E-state index is 0.0872. The number of carbonyl (C=O) groups excluding carboxylic acids is 1. The molecule has 1 N–H and O–H groups in total. The molecule has 0 aliphatic heterocycles. The third-order valence-corrected chi connectivity index (χ3v) is 2.22. The molecular formula is C10H18N2OSi. The van der Waals surface area contributed by atoms with Gasteiger partial charge in [0.1, 0.15) is 8.24 Å². The molecule has 0 aromatic carbocycles. The third kappa shape index (κ3) is 10.8. The van der Waals surface area contributed by atoms with Gasteiger partial charge in [-0.1, -0.05) is 25.7 Å². The number of amides is 1. The summed E-state index contributed by atoms with van der Waals surface area (Å²) in [6, 6.07) is 5.72. The molecular weight excluding hydrogens is 192 g/mol. The van der Waals surface area contributed by atoms with Gasteiger partial charge < -0.3 is 4.98 Å². The Morgan fingerprint density at radius 1 is 1.14 bits per heavy atom. The number of aromatic nitrogens is 1. The van der Waals surface area contributed by atoms with E-state index in [1.54, 1.807) is 19.3 Å². The summed E-state index contributed by atoms with van der Waals surface area (Å²) in [7, 11) is -1.32. The zero-order valence-corrected chi connectivity index (χ0v) is 10.2. The highest BCUT2D eigenvalue weighted by Crippen LogP contribution is 1.92. The molecule has 14 heavy (non-hydrogen) atoms. The van der Waals surface area contributed by atoms with Gasteiger partial charge in [-0.05, 0) is 12.1 Å². The molecule has 1 aromatic heterocycles. The Bertz CT molecular complexity index is 230. The largest absolute Gasteiger partial charge is 0.383 e. The van der Waals surface area contributed by atoms with Crippen molar-refractivity contribution in [2.45, 2.75) is 26.6 Å². The van der Waals surface area contributed by atoms with Crippen LogP contribution < -0.4 is 4.98 Å². The average molecular weight is 210 g/mol. The number of carbonyl (C=O) groups is 1. The third-order valence-electron chi connectivity index (χ3n) is 1.12. The first kappa shape index (κ1) is 12.8. The number of pyridine rings is 1. The van der Waals surface area contributed by atoms with Crippen LogP contribution in [0.5, 0.6) is 0 Å². The highest BCUT2D eigenvalue weighted by atomic mass is 28.3. The van der Waals surface area contributed by atoms with E-state index >= 15 is 0 Å². The Kier molecular flexibility index (Phi) is 5.79. The second-order valence-electron chi connectivity index (χ2n) is 3.96. The SMILES string of the molecule is CC(=O)N[Si](C)(C)C.c1ccncc1. The Labute approximate surface area is 86.7 Å². The molecule has 0 bridgehead atoms. The molecule has 3 nitrogen and oxygen atoms in total. The van der Waals surface area contributed by atoms with E-state index in [0.717, 1.165) is 0 Å². The van der Waals surface area contributed by atoms with E-state index in [-0.39, 0.29) is 5.91 Å².